The van der Waals surface area contributed by atoms with Crippen molar-refractivity contribution in [3.05, 3.63) is 70.2 Å². The Kier molecular flexibility index (Phi) is 6.01. The van der Waals surface area contributed by atoms with Crippen molar-refractivity contribution >= 4 is 45.7 Å². The first-order valence-corrected chi connectivity index (χ1v) is 9.51. The summed E-state index contributed by atoms with van der Waals surface area (Å²) in [5.41, 5.74) is 3.27. The van der Waals surface area contributed by atoms with Gasteiger partial charge >= 0.3 is 0 Å². The van der Waals surface area contributed by atoms with Gasteiger partial charge in [0.2, 0.25) is 0 Å². The minimum absolute atomic E-state index is 0.0415. The molecule has 0 aromatic heterocycles. The molecule has 0 atom stereocenters. The topological polar surface area (TPSA) is 58.9 Å². The van der Waals surface area contributed by atoms with Crippen LogP contribution in [0.1, 0.15) is 34.8 Å². The molecule has 0 saturated heterocycles. The van der Waals surface area contributed by atoms with E-state index in [1.165, 1.54) is 11.8 Å². The zero-order valence-electron chi connectivity index (χ0n) is 14.2. The Bertz CT molecular complexity index is 904. The zero-order valence-corrected chi connectivity index (χ0v) is 15.8. The SMILES string of the molecule is CC(=O)CSC1=NN=C(c2cccc(C(=O)Cc3ccc(Cl)cc3)c2)C1. The summed E-state index contributed by atoms with van der Waals surface area (Å²) in [4.78, 5) is 23.6. The lowest BCUT2D eigenvalue weighted by molar-refractivity contribution is -0.114. The van der Waals surface area contributed by atoms with Crippen LogP contribution in [-0.2, 0) is 11.2 Å². The van der Waals surface area contributed by atoms with Crippen molar-refractivity contribution in [1.29, 1.82) is 0 Å². The van der Waals surface area contributed by atoms with Crippen molar-refractivity contribution in [2.24, 2.45) is 10.2 Å². The molecule has 4 nitrogen and oxygen atoms in total. The molecule has 26 heavy (non-hydrogen) atoms. The molecule has 6 heteroatoms. The Balaban J connectivity index is 1.66. The molecule has 132 valence electrons. The molecule has 1 heterocycles. The Morgan fingerprint density at radius 3 is 2.62 bits per heavy atom. The summed E-state index contributed by atoms with van der Waals surface area (Å²) in [7, 11) is 0. The number of thioether (sulfide) groups is 1. The number of hydrogen-bond donors (Lipinski definition) is 0. The first kappa shape index (κ1) is 18.5. The van der Waals surface area contributed by atoms with Crippen LogP contribution in [0.15, 0.2) is 58.7 Å². The molecule has 0 amide bonds. The van der Waals surface area contributed by atoms with Crippen LogP contribution in [0, 0.1) is 0 Å². The maximum Gasteiger partial charge on any atom is 0.167 e. The summed E-state index contributed by atoms with van der Waals surface area (Å²) >= 11 is 7.29. The number of benzene rings is 2. The highest BCUT2D eigenvalue weighted by Gasteiger charge is 2.17. The van der Waals surface area contributed by atoms with Crippen molar-refractivity contribution in [2.75, 3.05) is 5.75 Å². The molecule has 0 saturated carbocycles. The van der Waals surface area contributed by atoms with Crippen molar-refractivity contribution in [2.45, 2.75) is 19.8 Å². The first-order valence-electron chi connectivity index (χ1n) is 8.15. The van der Waals surface area contributed by atoms with Gasteiger partial charge in [-0.25, -0.2) is 0 Å². The number of carbonyl (C=O) groups excluding carboxylic acids is 2. The number of carbonyl (C=O) groups is 2. The van der Waals surface area contributed by atoms with Crippen LogP contribution in [-0.4, -0.2) is 28.1 Å². The van der Waals surface area contributed by atoms with Crippen LogP contribution in [0.4, 0.5) is 0 Å². The third-order valence-corrected chi connectivity index (χ3v) is 5.20. The number of rotatable bonds is 6. The van der Waals surface area contributed by atoms with Crippen LogP contribution in [0.25, 0.3) is 0 Å². The van der Waals surface area contributed by atoms with Gasteiger partial charge in [0.1, 0.15) is 10.8 Å². The minimum atomic E-state index is 0.0415. The van der Waals surface area contributed by atoms with E-state index in [1.807, 2.05) is 36.4 Å². The highest BCUT2D eigenvalue weighted by Crippen LogP contribution is 2.20. The minimum Gasteiger partial charge on any atom is -0.299 e. The molecular formula is C20H17ClN2O2S. The Morgan fingerprint density at radius 1 is 1.12 bits per heavy atom. The van der Waals surface area contributed by atoms with Gasteiger partial charge in [-0.15, -0.1) is 16.9 Å². The van der Waals surface area contributed by atoms with E-state index >= 15 is 0 Å². The summed E-state index contributed by atoms with van der Waals surface area (Å²) in [5.74, 6) is 0.558. The zero-order chi connectivity index (χ0) is 18.5. The third kappa shape index (κ3) is 4.90. The van der Waals surface area contributed by atoms with Gasteiger partial charge in [0.25, 0.3) is 0 Å². The molecule has 1 aliphatic rings. The second-order valence-corrected chi connectivity index (χ2v) is 7.50. The first-order chi connectivity index (χ1) is 12.5. The third-order valence-electron chi connectivity index (χ3n) is 3.84. The van der Waals surface area contributed by atoms with Gasteiger partial charge in [-0.1, -0.05) is 41.9 Å². The summed E-state index contributed by atoms with van der Waals surface area (Å²) in [5, 5.41) is 9.82. The van der Waals surface area contributed by atoms with Gasteiger partial charge in [-0.2, -0.15) is 5.10 Å². The van der Waals surface area contributed by atoms with E-state index in [4.69, 9.17) is 11.6 Å². The van der Waals surface area contributed by atoms with E-state index in [9.17, 15) is 9.59 Å². The number of Topliss-reactive ketones (excluding diaryl/α,β-unsaturated/α-hetero) is 2. The highest BCUT2D eigenvalue weighted by molar-refractivity contribution is 8.14. The maximum atomic E-state index is 12.6. The second-order valence-electron chi connectivity index (χ2n) is 6.02. The number of hydrogen-bond acceptors (Lipinski definition) is 5. The summed E-state index contributed by atoms with van der Waals surface area (Å²) < 4.78 is 0. The average molecular weight is 385 g/mol. The molecular weight excluding hydrogens is 368 g/mol. The molecule has 1 aliphatic heterocycles. The number of ketones is 2. The molecule has 3 rings (SSSR count). The van der Waals surface area contributed by atoms with E-state index in [0.717, 1.165) is 21.9 Å². The smallest absolute Gasteiger partial charge is 0.167 e. The molecule has 0 unspecified atom stereocenters. The summed E-state index contributed by atoms with van der Waals surface area (Å²) in [6.07, 6.45) is 0.913. The van der Waals surface area contributed by atoms with Gasteiger partial charge in [0.05, 0.1) is 11.5 Å². The van der Waals surface area contributed by atoms with Gasteiger partial charge in [0.15, 0.2) is 5.78 Å². The molecule has 0 aliphatic carbocycles. The van der Waals surface area contributed by atoms with Crippen LogP contribution < -0.4 is 0 Å². The predicted molar refractivity (Wildman–Crippen MR) is 108 cm³/mol. The average Bonchev–Trinajstić information content (AvgIpc) is 3.11. The van der Waals surface area contributed by atoms with E-state index < -0.39 is 0 Å². The van der Waals surface area contributed by atoms with Crippen molar-refractivity contribution in [3.8, 4) is 0 Å². The van der Waals surface area contributed by atoms with Crippen molar-refractivity contribution in [3.63, 3.8) is 0 Å². The quantitative estimate of drug-likeness (QED) is 0.684. The Morgan fingerprint density at radius 2 is 1.88 bits per heavy atom. The predicted octanol–water partition coefficient (Wildman–Crippen LogP) is 4.59. The Labute approximate surface area is 161 Å². The fourth-order valence-corrected chi connectivity index (χ4v) is 3.35. The normalized spacial score (nSPS) is 13.3. The van der Waals surface area contributed by atoms with E-state index in [1.54, 1.807) is 19.1 Å². The van der Waals surface area contributed by atoms with Crippen molar-refractivity contribution < 1.29 is 9.59 Å². The van der Waals surface area contributed by atoms with Crippen molar-refractivity contribution in [1.82, 2.24) is 0 Å². The molecule has 0 bridgehead atoms. The number of halogens is 1. The van der Waals surface area contributed by atoms with Gasteiger partial charge < -0.3 is 0 Å². The number of nitrogens with zero attached hydrogens (tertiary/aromatic N) is 2. The molecule has 2 aromatic carbocycles. The van der Waals surface area contributed by atoms with E-state index in [0.29, 0.717) is 29.2 Å². The van der Waals surface area contributed by atoms with Crippen LogP contribution in [0.2, 0.25) is 5.02 Å². The second kappa shape index (κ2) is 8.43. The molecule has 0 radical (unpaired) electrons. The highest BCUT2D eigenvalue weighted by atomic mass is 35.5. The molecule has 0 fully saturated rings. The van der Waals surface area contributed by atoms with Crippen LogP contribution in [0.3, 0.4) is 0 Å². The fraction of sp³-hybridized carbons (Fsp3) is 0.200. The Hall–Kier alpha value is -2.24. The fourth-order valence-electron chi connectivity index (χ4n) is 2.52. The lowest BCUT2D eigenvalue weighted by Gasteiger charge is -2.05. The lowest BCUT2D eigenvalue weighted by atomic mass is 9.99. The van der Waals surface area contributed by atoms with E-state index in [-0.39, 0.29) is 11.6 Å². The van der Waals surface area contributed by atoms with Gasteiger partial charge in [-0.05, 0) is 36.2 Å². The maximum absolute atomic E-state index is 12.6. The van der Waals surface area contributed by atoms with Crippen LogP contribution in [0.5, 0.6) is 0 Å². The summed E-state index contributed by atoms with van der Waals surface area (Å²) in [6, 6.07) is 14.7. The van der Waals surface area contributed by atoms with Gasteiger partial charge in [0, 0.05) is 23.4 Å². The van der Waals surface area contributed by atoms with Gasteiger partial charge in [-0.3, -0.25) is 9.59 Å². The summed E-state index contributed by atoms with van der Waals surface area (Å²) in [6.45, 7) is 1.56. The standard InChI is InChI=1S/C20H17ClN2O2S/c1-13(24)12-26-20-11-18(22-23-20)15-3-2-4-16(10-15)19(25)9-14-5-7-17(21)8-6-14/h2-8,10H,9,11-12H2,1H3. The molecule has 0 spiro atoms. The van der Waals surface area contributed by atoms with E-state index in [2.05, 4.69) is 10.2 Å². The largest absolute Gasteiger partial charge is 0.299 e. The molecule has 2 aromatic rings. The monoisotopic (exact) mass is 384 g/mol. The molecule has 0 N–H and O–H groups in total. The van der Waals surface area contributed by atoms with Crippen LogP contribution >= 0.6 is 23.4 Å². The lowest BCUT2D eigenvalue weighted by Crippen LogP contribution is -2.07.